The Morgan fingerprint density at radius 3 is 2.15 bits per heavy atom. The highest BCUT2D eigenvalue weighted by Gasteiger charge is 2.19. The number of hydrogen-bond donors (Lipinski definition) is 3. The van der Waals surface area contributed by atoms with Gasteiger partial charge in [0.2, 0.25) is 11.8 Å². The number of carbonyl (C=O) groups excluding carboxylic acids is 3. The number of ether oxygens (including phenoxy) is 3. The average molecular weight is 533 g/mol. The number of benzene rings is 3. The molecule has 1 unspecified atom stereocenters. The molecule has 3 aromatic rings. The maximum absolute atomic E-state index is 13.1. The highest BCUT2D eigenvalue weighted by Crippen LogP contribution is 2.27. The number of nitrogens with zero attached hydrogens (tertiary/aromatic N) is 1. The number of methoxy groups -OCH3 is 3. The first-order valence-electron chi connectivity index (χ1n) is 12.2. The first kappa shape index (κ1) is 28.7. The van der Waals surface area contributed by atoms with Gasteiger partial charge in [0.15, 0.2) is 17.5 Å². The molecule has 0 saturated heterocycles. The molecule has 1 atom stereocenters. The Bertz CT molecular complexity index is 1310. The molecule has 10 nitrogen and oxygen atoms in total. The van der Waals surface area contributed by atoms with Crippen molar-refractivity contribution in [1.29, 1.82) is 0 Å². The Hall–Kier alpha value is -4.86. The second-order valence-electron chi connectivity index (χ2n) is 8.54. The van der Waals surface area contributed by atoms with Gasteiger partial charge in [-0.2, -0.15) is 0 Å². The van der Waals surface area contributed by atoms with Crippen molar-refractivity contribution in [3.05, 3.63) is 95.1 Å². The fourth-order valence-electron chi connectivity index (χ4n) is 3.78. The van der Waals surface area contributed by atoms with Gasteiger partial charge < -0.3 is 25.3 Å². The molecule has 0 aliphatic rings. The van der Waals surface area contributed by atoms with E-state index >= 15 is 0 Å². The van der Waals surface area contributed by atoms with E-state index in [1.165, 1.54) is 21.3 Å². The van der Waals surface area contributed by atoms with Crippen LogP contribution in [0, 0.1) is 0 Å². The van der Waals surface area contributed by atoms with Crippen LogP contribution in [0.4, 0.5) is 0 Å². The van der Waals surface area contributed by atoms with Crippen LogP contribution in [0.1, 0.15) is 27.0 Å². The lowest BCUT2D eigenvalue weighted by atomic mass is 10.1. The third-order valence-corrected chi connectivity index (χ3v) is 5.79. The maximum atomic E-state index is 13.1. The Labute approximate surface area is 227 Å². The molecule has 0 fully saturated rings. The molecule has 0 aromatic heterocycles. The van der Waals surface area contributed by atoms with E-state index in [-0.39, 0.29) is 31.3 Å². The Morgan fingerprint density at radius 1 is 0.846 bits per heavy atom. The summed E-state index contributed by atoms with van der Waals surface area (Å²) >= 11 is 0. The van der Waals surface area contributed by atoms with Crippen molar-refractivity contribution < 1.29 is 28.6 Å². The van der Waals surface area contributed by atoms with Crippen LogP contribution >= 0.6 is 0 Å². The highest BCUT2D eigenvalue weighted by atomic mass is 16.5. The second-order valence-corrected chi connectivity index (χ2v) is 8.54. The fourth-order valence-corrected chi connectivity index (χ4v) is 3.78. The Morgan fingerprint density at radius 2 is 1.51 bits per heavy atom. The quantitative estimate of drug-likeness (QED) is 0.196. The van der Waals surface area contributed by atoms with Crippen molar-refractivity contribution in [2.75, 3.05) is 21.3 Å². The molecule has 3 rings (SSSR count). The zero-order valence-electron chi connectivity index (χ0n) is 22.1. The number of rotatable bonds is 11. The van der Waals surface area contributed by atoms with Crippen LogP contribution in [-0.4, -0.2) is 51.1 Å². The number of guanidine groups is 1. The predicted octanol–water partition coefficient (Wildman–Crippen LogP) is 2.39. The van der Waals surface area contributed by atoms with Crippen LogP contribution in [-0.2, 0) is 33.7 Å². The molecule has 0 aliphatic carbocycles. The van der Waals surface area contributed by atoms with E-state index < -0.39 is 17.9 Å². The van der Waals surface area contributed by atoms with E-state index in [1.807, 2.05) is 30.3 Å². The molecular weight excluding hydrogens is 500 g/mol. The maximum Gasteiger partial charge on any atom is 0.337 e. The predicted molar refractivity (Wildman–Crippen MR) is 147 cm³/mol. The van der Waals surface area contributed by atoms with Gasteiger partial charge in [0.1, 0.15) is 6.04 Å². The van der Waals surface area contributed by atoms with E-state index in [0.29, 0.717) is 22.6 Å². The van der Waals surface area contributed by atoms with Gasteiger partial charge in [-0.05, 0) is 41.0 Å². The largest absolute Gasteiger partial charge is 0.493 e. The average Bonchev–Trinajstić information content (AvgIpc) is 2.95. The van der Waals surface area contributed by atoms with Gasteiger partial charge in [-0.15, -0.1) is 0 Å². The lowest BCUT2D eigenvalue weighted by Crippen LogP contribution is -2.42. The van der Waals surface area contributed by atoms with Gasteiger partial charge in [-0.25, -0.2) is 9.79 Å². The minimum Gasteiger partial charge on any atom is -0.493 e. The SMILES string of the molecule is COC(=O)c1ccc(CNC(=O)C(Cc2ccccc2)N=C(N)NC(=O)Cc2ccc(OC)c(OC)c2)cc1. The van der Waals surface area contributed by atoms with E-state index in [0.717, 1.165) is 11.1 Å². The molecule has 2 amide bonds. The molecule has 0 radical (unpaired) electrons. The Kier molecular flexibility index (Phi) is 10.4. The normalized spacial score (nSPS) is 11.7. The number of nitrogens with two attached hydrogens (primary N) is 1. The molecule has 0 saturated carbocycles. The van der Waals surface area contributed by atoms with Gasteiger partial charge >= 0.3 is 5.97 Å². The number of amides is 2. The smallest absolute Gasteiger partial charge is 0.337 e. The first-order chi connectivity index (χ1) is 18.8. The van der Waals surface area contributed by atoms with E-state index in [1.54, 1.807) is 42.5 Å². The van der Waals surface area contributed by atoms with Crippen LogP contribution in [0.15, 0.2) is 77.8 Å². The molecule has 0 bridgehead atoms. The molecular formula is C29H32N4O6. The molecule has 3 aromatic carbocycles. The van der Waals surface area contributed by atoms with Crippen LogP contribution in [0.25, 0.3) is 0 Å². The van der Waals surface area contributed by atoms with Crippen LogP contribution in [0.2, 0.25) is 0 Å². The van der Waals surface area contributed by atoms with E-state index in [4.69, 9.17) is 19.9 Å². The van der Waals surface area contributed by atoms with Crippen molar-refractivity contribution in [2.45, 2.75) is 25.4 Å². The summed E-state index contributed by atoms with van der Waals surface area (Å²) in [5.74, 6) is -0.313. The summed E-state index contributed by atoms with van der Waals surface area (Å²) in [6.07, 6.45) is 0.299. The lowest BCUT2D eigenvalue weighted by molar-refractivity contribution is -0.122. The van der Waals surface area contributed by atoms with E-state index in [2.05, 4.69) is 15.6 Å². The van der Waals surface area contributed by atoms with Crippen LogP contribution < -0.4 is 25.8 Å². The number of carbonyl (C=O) groups is 3. The second kappa shape index (κ2) is 14.2. The third kappa shape index (κ3) is 8.60. The van der Waals surface area contributed by atoms with Crippen molar-refractivity contribution in [2.24, 2.45) is 10.7 Å². The molecule has 4 N–H and O–H groups in total. The molecule has 10 heteroatoms. The van der Waals surface area contributed by atoms with Crippen LogP contribution in [0.3, 0.4) is 0 Å². The van der Waals surface area contributed by atoms with Gasteiger partial charge in [0.25, 0.3) is 0 Å². The van der Waals surface area contributed by atoms with Crippen molar-refractivity contribution in [3.8, 4) is 11.5 Å². The molecule has 204 valence electrons. The van der Waals surface area contributed by atoms with Gasteiger partial charge in [0.05, 0.1) is 33.3 Å². The zero-order valence-corrected chi connectivity index (χ0v) is 22.1. The third-order valence-electron chi connectivity index (χ3n) is 5.79. The standard InChI is InChI=1S/C29H32N4O6/c1-37-24-14-11-21(16-25(24)38-2)17-26(34)33-29(30)32-23(15-19-7-5-4-6-8-19)27(35)31-18-20-9-12-22(13-10-20)28(36)39-3/h4-14,16,23H,15,17-18H2,1-3H3,(H,31,35)(H3,30,32,33,34). The number of aliphatic imine (C=N–C) groups is 1. The first-order valence-corrected chi connectivity index (χ1v) is 12.2. The summed E-state index contributed by atoms with van der Waals surface area (Å²) in [6.45, 7) is 0.215. The summed E-state index contributed by atoms with van der Waals surface area (Å²) in [4.78, 5) is 41.7. The summed E-state index contributed by atoms with van der Waals surface area (Å²) in [5.41, 5.74) is 8.81. The summed E-state index contributed by atoms with van der Waals surface area (Å²) in [7, 11) is 4.36. The number of hydrogen-bond acceptors (Lipinski definition) is 7. The van der Waals surface area contributed by atoms with Crippen molar-refractivity contribution in [3.63, 3.8) is 0 Å². The molecule has 0 aliphatic heterocycles. The van der Waals surface area contributed by atoms with Gasteiger partial charge in [-0.1, -0.05) is 48.5 Å². The Balaban J connectivity index is 1.68. The van der Waals surface area contributed by atoms with Gasteiger partial charge in [0, 0.05) is 13.0 Å². The minimum atomic E-state index is -0.886. The molecule has 0 heterocycles. The van der Waals surface area contributed by atoms with Crippen molar-refractivity contribution >= 4 is 23.7 Å². The monoisotopic (exact) mass is 532 g/mol. The summed E-state index contributed by atoms with van der Waals surface area (Å²) in [6, 6.07) is 20.4. The van der Waals surface area contributed by atoms with Gasteiger partial charge in [-0.3, -0.25) is 14.9 Å². The summed E-state index contributed by atoms with van der Waals surface area (Å²) < 4.78 is 15.2. The molecule has 0 spiro atoms. The minimum absolute atomic E-state index is 0.0215. The topological polar surface area (TPSA) is 141 Å². The number of nitrogens with one attached hydrogen (secondary N) is 2. The summed E-state index contributed by atoms with van der Waals surface area (Å²) in [5, 5.41) is 5.40. The highest BCUT2D eigenvalue weighted by molar-refractivity contribution is 5.98. The fraction of sp³-hybridized carbons (Fsp3) is 0.241. The lowest BCUT2D eigenvalue weighted by Gasteiger charge is -2.15. The van der Waals surface area contributed by atoms with Crippen molar-refractivity contribution in [1.82, 2.24) is 10.6 Å². The molecule has 39 heavy (non-hydrogen) atoms. The zero-order chi connectivity index (χ0) is 28.2. The number of esters is 1. The van der Waals surface area contributed by atoms with Crippen LogP contribution in [0.5, 0.6) is 11.5 Å². The van der Waals surface area contributed by atoms with E-state index in [9.17, 15) is 14.4 Å².